The number of carbonyl (C=O) groups excluding carboxylic acids is 1. The van der Waals surface area contributed by atoms with Crippen molar-refractivity contribution in [3.63, 3.8) is 0 Å². The third-order valence-corrected chi connectivity index (χ3v) is 5.36. The van der Waals surface area contributed by atoms with Gasteiger partial charge in [-0.2, -0.15) is 13.2 Å². The van der Waals surface area contributed by atoms with Crippen LogP contribution in [0, 0.1) is 11.8 Å². The van der Waals surface area contributed by atoms with Gasteiger partial charge in [-0.3, -0.25) is 4.79 Å². The van der Waals surface area contributed by atoms with E-state index in [0.29, 0.717) is 18.7 Å². The number of pyridine rings is 1. The fourth-order valence-corrected chi connectivity index (χ4v) is 3.86. The summed E-state index contributed by atoms with van der Waals surface area (Å²) in [4.78, 5) is 16.5. The van der Waals surface area contributed by atoms with Crippen LogP contribution in [0.5, 0.6) is 5.88 Å². The number of hydrogen-bond acceptors (Lipinski definition) is 3. The highest BCUT2D eigenvalue weighted by atomic mass is 19.4. The maximum Gasteiger partial charge on any atom is 0.391 e. The molecule has 0 bridgehead atoms. The van der Waals surface area contributed by atoms with Gasteiger partial charge in [-0.25, -0.2) is 4.98 Å². The van der Waals surface area contributed by atoms with E-state index in [4.69, 9.17) is 4.74 Å². The van der Waals surface area contributed by atoms with Gasteiger partial charge in [-0.1, -0.05) is 6.42 Å². The molecule has 144 valence electrons. The van der Waals surface area contributed by atoms with Gasteiger partial charge in [-0.05, 0) is 56.6 Å². The lowest BCUT2D eigenvalue weighted by molar-refractivity contribution is -0.186. The topological polar surface area (TPSA) is 51.2 Å². The summed E-state index contributed by atoms with van der Waals surface area (Å²) in [7, 11) is 0. The van der Waals surface area contributed by atoms with Crippen molar-refractivity contribution >= 4 is 5.91 Å². The molecule has 1 amide bonds. The average Bonchev–Trinajstić information content (AvgIpc) is 3.12. The maximum absolute atomic E-state index is 12.9. The van der Waals surface area contributed by atoms with E-state index in [1.807, 2.05) is 0 Å². The van der Waals surface area contributed by atoms with Crippen molar-refractivity contribution in [2.75, 3.05) is 0 Å². The number of nitrogens with one attached hydrogen (secondary N) is 1. The summed E-state index contributed by atoms with van der Waals surface area (Å²) in [6.07, 6.45) is 3.00. The van der Waals surface area contributed by atoms with Crippen molar-refractivity contribution in [3.05, 3.63) is 23.9 Å². The Hall–Kier alpha value is -1.79. The molecule has 0 aromatic carbocycles. The van der Waals surface area contributed by atoms with Gasteiger partial charge in [0, 0.05) is 24.7 Å². The Labute approximate surface area is 151 Å². The summed E-state index contributed by atoms with van der Waals surface area (Å²) in [5, 5.41) is 2.77. The predicted octanol–water partition coefficient (Wildman–Crippen LogP) is 4.39. The molecule has 1 N–H and O–H groups in total. The van der Waals surface area contributed by atoms with Crippen molar-refractivity contribution in [2.24, 2.45) is 11.8 Å². The number of amides is 1. The van der Waals surface area contributed by atoms with Crippen LogP contribution >= 0.6 is 0 Å². The first-order valence-electron chi connectivity index (χ1n) is 9.38. The lowest BCUT2D eigenvalue weighted by Gasteiger charge is -2.29. The average molecular weight is 370 g/mol. The Balaban J connectivity index is 1.51. The zero-order chi connectivity index (χ0) is 18.6. The summed E-state index contributed by atoms with van der Waals surface area (Å²) in [6, 6.07) is 3.57. The smallest absolute Gasteiger partial charge is 0.391 e. The first-order chi connectivity index (χ1) is 12.4. The lowest BCUT2D eigenvalue weighted by Crippen LogP contribution is -2.37. The molecule has 2 fully saturated rings. The van der Waals surface area contributed by atoms with Crippen molar-refractivity contribution in [1.29, 1.82) is 0 Å². The molecule has 1 aromatic rings. The number of ether oxygens (including phenoxy) is 1. The van der Waals surface area contributed by atoms with Gasteiger partial charge in [0.15, 0.2) is 0 Å². The molecular weight excluding hydrogens is 345 g/mol. The highest BCUT2D eigenvalue weighted by molar-refractivity contribution is 5.78. The first kappa shape index (κ1) is 19.0. The van der Waals surface area contributed by atoms with Crippen molar-refractivity contribution in [2.45, 2.75) is 70.2 Å². The highest BCUT2D eigenvalue weighted by Crippen LogP contribution is 2.39. The second kappa shape index (κ2) is 8.27. The Bertz CT molecular complexity index is 615. The van der Waals surface area contributed by atoms with E-state index >= 15 is 0 Å². The largest absolute Gasteiger partial charge is 0.474 e. The number of carbonyl (C=O) groups is 1. The Morgan fingerprint density at radius 1 is 1.19 bits per heavy atom. The molecule has 2 atom stereocenters. The van der Waals surface area contributed by atoms with Crippen LogP contribution in [0.15, 0.2) is 18.3 Å². The first-order valence-corrected chi connectivity index (χ1v) is 9.38. The van der Waals surface area contributed by atoms with E-state index in [2.05, 4.69) is 10.3 Å². The molecule has 0 radical (unpaired) electrons. The minimum Gasteiger partial charge on any atom is -0.474 e. The molecule has 2 saturated carbocycles. The van der Waals surface area contributed by atoms with Gasteiger partial charge in [0.05, 0.1) is 5.92 Å². The Kier molecular flexibility index (Phi) is 6.04. The molecule has 26 heavy (non-hydrogen) atoms. The third kappa shape index (κ3) is 5.11. The van der Waals surface area contributed by atoms with Crippen LogP contribution in [0.1, 0.15) is 56.9 Å². The van der Waals surface area contributed by atoms with E-state index in [1.165, 1.54) is 12.8 Å². The summed E-state index contributed by atoms with van der Waals surface area (Å²) in [6.45, 7) is 0.273. The van der Waals surface area contributed by atoms with Gasteiger partial charge in [0.25, 0.3) is 0 Å². The number of aromatic nitrogens is 1. The standard InChI is InChI=1S/C19H25F3N2O2/c20-19(21,22)15-5-3-4-14(11-15)18(25)24-12-13-8-9-23-17(10-13)26-16-6-1-2-7-16/h8-10,14-16H,1-7,11-12H2,(H,24,25). The quantitative estimate of drug-likeness (QED) is 0.836. The number of halogens is 3. The fourth-order valence-electron chi connectivity index (χ4n) is 3.86. The van der Waals surface area contributed by atoms with Crippen molar-refractivity contribution < 1.29 is 22.7 Å². The number of rotatable bonds is 5. The van der Waals surface area contributed by atoms with Crippen LogP contribution in [0.25, 0.3) is 0 Å². The van der Waals surface area contributed by atoms with Crippen LogP contribution in [0.2, 0.25) is 0 Å². The maximum atomic E-state index is 12.9. The van der Waals surface area contributed by atoms with Gasteiger partial charge < -0.3 is 10.1 Å². The van der Waals surface area contributed by atoms with E-state index in [1.54, 1.807) is 18.3 Å². The zero-order valence-corrected chi connectivity index (χ0v) is 14.7. The van der Waals surface area contributed by atoms with Gasteiger partial charge >= 0.3 is 6.18 Å². The van der Waals surface area contributed by atoms with Gasteiger partial charge in [0.1, 0.15) is 6.10 Å². The highest BCUT2D eigenvalue weighted by Gasteiger charge is 2.43. The minimum absolute atomic E-state index is 0.109. The normalized spacial score (nSPS) is 24.4. The molecule has 0 spiro atoms. The molecule has 3 rings (SSSR count). The van der Waals surface area contributed by atoms with Crippen LogP contribution in [0.4, 0.5) is 13.2 Å². The molecule has 1 aromatic heterocycles. The van der Waals surface area contributed by atoms with Crippen molar-refractivity contribution in [3.8, 4) is 5.88 Å². The van der Waals surface area contributed by atoms with Crippen LogP contribution < -0.4 is 10.1 Å². The molecule has 0 saturated heterocycles. The summed E-state index contributed by atoms with van der Waals surface area (Å²) in [5.74, 6) is -1.68. The summed E-state index contributed by atoms with van der Waals surface area (Å²) < 4.78 is 44.5. The molecule has 2 aliphatic carbocycles. The molecule has 1 heterocycles. The fraction of sp³-hybridized carbons (Fsp3) is 0.684. The van der Waals surface area contributed by atoms with Crippen LogP contribution in [0.3, 0.4) is 0 Å². The molecule has 0 aliphatic heterocycles. The van der Waals surface area contributed by atoms with Crippen LogP contribution in [-0.2, 0) is 11.3 Å². The lowest BCUT2D eigenvalue weighted by atomic mass is 9.80. The number of nitrogens with zero attached hydrogens (tertiary/aromatic N) is 1. The summed E-state index contributed by atoms with van der Waals surface area (Å²) >= 11 is 0. The monoisotopic (exact) mass is 370 g/mol. The molecule has 2 unspecified atom stereocenters. The van der Waals surface area contributed by atoms with Gasteiger partial charge in [-0.15, -0.1) is 0 Å². The molecule has 7 heteroatoms. The zero-order valence-electron chi connectivity index (χ0n) is 14.7. The number of hydrogen-bond donors (Lipinski definition) is 1. The predicted molar refractivity (Wildman–Crippen MR) is 90.5 cm³/mol. The van der Waals surface area contributed by atoms with E-state index < -0.39 is 18.0 Å². The second-order valence-electron chi connectivity index (χ2n) is 7.35. The SMILES string of the molecule is O=C(NCc1ccnc(OC2CCCC2)c1)C1CCCC(C(F)(F)F)C1. The molecular formula is C19H25F3N2O2. The summed E-state index contributed by atoms with van der Waals surface area (Å²) in [5.41, 5.74) is 0.838. The van der Waals surface area contributed by atoms with Crippen molar-refractivity contribution in [1.82, 2.24) is 10.3 Å². The van der Waals surface area contributed by atoms with Crippen LogP contribution in [-0.4, -0.2) is 23.2 Å². The third-order valence-electron chi connectivity index (χ3n) is 5.36. The number of alkyl halides is 3. The molecule has 2 aliphatic rings. The minimum atomic E-state index is -4.21. The van der Waals surface area contributed by atoms with E-state index in [9.17, 15) is 18.0 Å². The second-order valence-corrected chi connectivity index (χ2v) is 7.35. The van der Waals surface area contributed by atoms with Gasteiger partial charge in [0.2, 0.25) is 11.8 Å². The van der Waals surface area contributed by atoms with E-state index in [0.717, 1.165) is 18.4 Å². The molecule has 4 nitrogen and oxygen atoms in total. The van der Waals surface area contributed by atoms with E-state index in [-0.39, 0.29) is 31.4 Å². The Morgan fingerprint density at radius 3 is 2.69 bits per heavy atom. The Morgan fingerprint density at radius 2 is 1.96 bits per heavy atom.